The van der Waals surface area contributed by atoms with Gasteiger partial charge in [-0.2, -0.15) is 5.26 Å². The van der Waals surface area contributed by atoms with Crippen molar-refractivity contribution in [3.8, 4) is 6.07 Å². The number of para-hydroxylation sites is 1. The maximum atomic E-state index is 12.2. The Morgan fingerprint density at radius 3 is 2.57 bits per heavy atom. The quantitative estimate of drug-likeness (QED) is 0.808. The summed E-state index contributed by atoms with van der Waals surface area (Å²) in [4.78, 5) is 24.0. The molecular weight excluding hydrogens is 290 g/mol. The number of hydrogen-bond donors (Lipinski definition) is 1. The molecule has 0 unspecified atom stereocenters. The van der Waals surface area contributed by atoms with Crippen LogP contribution in [-0.4, -0.2) is 10.5 Å². The molecule has 1 amide bonds. The average Bonchev–Trinajstić information content (AvgIpc) is 2.58. The fraction of sp³-hybridized carbons (Fsp3) is 0.0556. The molecule has 1 N–H and O–H groups in total. The molecule has 2 aromatic carbocycles. The van der Waals surface area contributed by atoms with Gasteiger partial charge in [0.15, 0.2) is 5.43 Å². The number of benzene rings is 2. The lowest BCUT2D eigenvalue weighted by Gasteiger charge is -2.11. The highest BCUT2D eigenvalue weighted by atomic mass is 16.2. The Labute approximate surface area is 132 Å². The second-order valence-corrected chi connectivity index (χ2v) is 5.06. The van der Waals surface area contributed by atoms with Crippen molar-refractivity contribution in [1.29, 1.82) is 5.26 Å². The largest absolute Gasteiger partial charge is 0.338 e. The van der Waals surface area contributed by atoms with Gasteiger partial charge in [0.05, 0.1) is 17.1 Å². The molecule has 0 aliphatic rings. The number of carbonyl (C=O) groups is 1. The number of carbonyl (C=O) groups excluding carboxylic acids is 1. The number of amides is 1. The van der Waals surface area contributed by atoms with Crippen LogP contribution in [0.25, 0.3) is 10.9 Å². The van der Waals surface area contributed by atoms with Crippen LogP contribution in [-0.2, 0) is 11.3 Å². The molecule has 5 nitrogen and oxygen atoms in total. The number of nitrogens with zero attached hydrogens (tertiary/aromatic N) is 2. The number of hydrogen-bond acceptors (Lipinski definition) is 3. The van der Waals surface area contributed by atoms with Crippen LogP contribution in [0.2, 0.25) is 0 Å². The van der Waals surface area contributed by atoms with E-state index < -0.39 is 0 Å². The van der Waals surface area contributed by atoms with Crippen molar-refractivity contribution in [2.24, 2.45) is 0 Å². The Bertz CT molecular complexity index is 966. The van der Waals surface area contributed by atoms with E-state index in [1.54, 1.807) is 47.2 Å². The Balaban J connectivity index is 1.82. The van der Waals surface area contributed by atoms with Crippen LogP contribution >= 0.6 is 0 Å². The molecule has 5 heteroatoms. The Kier molecular flexibility index (Phi) is 3.89. The van der Waals surface area contributed by atoms with Crippen molar-refractivity contribution < 1.29 is 4.79 Å². The van der Waals surface area contributed by atoms with Gasteiger partial charge >= 0.3 is 0 Å². The fourth-order valence-electron chi connectivity index (χ4n) is 2.38. The minimum absolute atomic E-state index is 0.0654. The predicted molar refractivity (Wildman–Crippen MR) is 88.0 cm³/mol. The summed E-state index contributed by atoms with van der Waals surface area (Å²) in [5.41, 5.74) is 1.81. The number of pyridine rings is 1. The predicted octanol–water partition coefficient (Wildman–Crippen LogP) is 2.51. The van der Waals surface area contributed by atoms with E-state index in [4.69, 9.17) is 5.26 Å². The van der Waals surface area contributed by atoms with Crippen LogP contribution < -0.4 is 10.7 Å². The number of fused-ring (bicyclic) bond motifs is 1. The molecule has 23 heavy (non-hydrogen) atoms. The summed E-state index contributed by atoms with van der Waals surface area (Å²) < 4.78 is 1.73. The molecule has 3 aromatic rings. The maximum Gasteiger partial charge on any atom is 0.244 e. The van der Waals surface area contributed by atoms with Crippen molar-refractivity contribution in [1.82, 2.24) is 4.57 Å². The van der Waals surface area contributed by atoms with Crippen LogP contribution in [0.1, 0.15) is 5.56 Å². The van der Waals surface area contributed by atoms with Gasteiger partial charge in [0.2, 0.25) is 5.91 Å². The van der Waals surface area contributed by atoms with E-state index in [9.17, 15) is 9.59 Å². The third-order valence-corrected chi connectivity index (χ3v) is 3.50. The molecule has 1 aromatic heterocycles. The molecule has 0 radical (unpaired) electrons. The normalized spacial score (nSPS) is 10.2. The first-order valence-corrected chi connectivity index (χ1v) is 7.05. The van der Waals surface area contributed by atoms with Crippen molar-refractivity contribution >= 4 is 22.5 Å². The van der Waals surface area contributed by atoms with Crippen LogP contribution in [0.3, 0.4) is 0 Å². The van der Waals surface area contributed by atoms with E-state index in [0.717, 1.165) is 5.52 Å². The lowest BCUT2D eigenvalue weighted by Crippen LogP contribution is -2.20. The van der Waals surface area contributed by atoms with E-state index in [1.807, 2.05) is 18.2 Å². The van der Waals surface area contributed by atoms with E-state index in [2.05, 4.69) is 5.32 Å². The molecule has 0 aliphatic heterocycles. The van der Waals surface area contributed by atoms with Crippen LogP contribution in [0.5, 0.6) is 0 Å². The van der Waals surface area contributed by atoms with E-state index in [1.165, 1.54) is 6.07 Å². The summed E-state index contributed by atoms with van der Waals surface area (Å²) in [5, 5.41) is 12.1. The first-order chi connectivity index (χ1) is 11.2. The number of nitrogens with one attached hydrogen (secondary N) is 1. The number of rotatable bonds is 3. The monoisotopic (exact) mass is 303 g/mol. The standard InChI is InChI=1S/C18H13N3O2/c19-11-13-5-7-14(8-6-13)20-18(23)12-21-10-9-17(22)15-3-1-2-4-16(15)21/h1-10H,12H2,(H,20,23). The minimum Gasteiger partial charge on any atom is -0.338 e. The van der Waals surface area contributed by atoms with Gasteiger partial charge in [-0.3, -0.25) is 9.59 Å². The zero-order valence-corrected chi connectivity index (χ0v) is 12.2. The topological polar surface area (TPSA) is 74.9 Å². The molecule has 0 fully saturated rings. The minimum atomic E-state index is -0.205. The second kappa shape index (κ2) is 6.16. The van der Waals surface area contributed by atoms with Crippen molar-refractivity contribution in [3.05, 3.63) is 76.6 Å². The van der Waals surface area contributed by atoms with Gasteiger partial charge in [-0.15, -0.1) is 0 Å². The Morgan fingerprint density at radius 1 is 1.09 bits per heavy atom. The van der Waals surface area contributed by atoms with E-state index in [-0.39, 0.29) is 17.9 Å². The van der Waals surface area contributed by atoms with Gasteiger partial charge in [0, 0.05) is 23.3 Å². The molecular formula is C18H13N3O2. The highest BCUT2D eigenvalue weighted by Gasteiger charge is 2.07. The average molecular weight is 303 g/mol. The second-order valence-electron chi connectivity index (χ2n) is 5.06. The van der Waals surface area contributed by atoms with Gasteiger partial charge in [-0.1, -0.05) is 12.1 Å². The molecule has 0 saturated carbocycles. The zero-order valence-electron chi connectivity index (χ0n) is 12.2. The number of anilines is 1. The van der Waals surface area contributed by atoms with Gasteiger partial charge < -0.3 is 9.88 Å². The van der Waals surface area contributed by atoms with E-state index in [0.29, 0.717) is 16.6 Å². The maximum absolute atomic E-state index is 12.2. The van der Waals surface area contributed by atoms with Crippen LogP contribution in [0.4, 0.5) is 5.69 Å². The van der Waals surface area contributed by atoms with Gasteiger partial charge in [-0.05, 0) is 36.4 Å². The van der Waals surface area contributed by atoms with Crippen molar-refractivity contribution in [3.63, 3.8) is 0 Å². The smallest absolute Gasteiger partial charge is 0.244 e. The summed E-state index contributed by atoms with van der Waals surface area (Å²) in [6.45, 7) is 0.0980. The van der Waals surface area contributed by atoms with E-state index >= 15 is 0 Å². The van der Waals surface area contributed by atoms with Crippen molar-refractivity contribution in [2.45, 2.75) is 6.54 Å². The highest BCUT2D eigenvalue weighted by molar-refractivity contribution is 5.91. The SMILES string of the molecule is N#Cc1ccc(NC(=O)Cn2ccc(=O)c3ccccc32)cc1. The first kappa shape index (κ1) is 14.5. The molecule has 0 bridgehead atoms. The molecule has 3 rings (SSSR count). The van der Waals surface area contributed by atoms with Gasteiger partial charge in [-0.25, -0.2) is 0 Å². The Hall–Kier alpha value is -3.39. The Morgan fingerprint density at radius 2 is 1.83 bits per heavy atom. The van der Waals surface area contributed by atoms with Gasteiger partial charge in [0.25, 0.3) is 0 Å². The first-order valence-electron chi connectivity index (χ1n) is 7.05. The lowest BCUT2D eigenvalue weighted by molar-refractivity contribution is -0.116. The van der Waals surface area contributed by atoms with Crippen LogP contribution in [0.15, 0.2) is 65.6 Å². The molecule has 1 heterocycles. The molecule has 0 spiro atoms. The fourth-order valence-corrected chi connectivity index (χ4v) is 2.38. The zero-order chi connectivity index (χ0) is 16.2. The molecule has 0 saturated heterocycles. The van der Waals surface area contributed by atoms with Gasteiger partial charge in [0.1, 0.15) is 6.54 Å². The number of nitriles is 1. The summed E-state index contributed by atoms with van der Waals surface area (Å²) in [7, 11) is 0. The third kappa shape index (κ3) is 3.11. The van der Waals surface area contributed by atoms with Crippen LogP contribution in [0, 0.1) is 11.3 Å². The summed E-state index contributed by atoms with van der Waals surface area (Å²) in [5.74, 6) is -0.205. The number of aromatic nitrogens is 1. The molecule has 112 valence electrons. The lowest BCUT2D eigenvalue weighted by atomic mass is 10.2. The summed E-state index contributed by atoms with van der Waals surface area (Å²) in [6.07, 6.45) is 1.61. The van der Waals surface area contributed by atoms with Crippen molar-refractivity contribution in [2.75, 3.05) is 5.32 Å². The highest BCUT2D eigenvalue weighted by Crippen LogP contribution is 2.11. The molecule has 0 atom stereocenters. The summed E-state index contributed by atoms with van der Waals surface area (Å²) in [6, 6.07) is 17.3. The third-order valence-electron chi connectivity index (χ3n) is 3.50. The summed E-state index contributed by atoms with van der Waals surface area (Å²) >= 11 is 0. The molecule has 0 aliphatic carbocycles.